The maximum atomic E-state index is 11.7. The summed E-state index contributed by atoms with van der Waals surface area (Å²) in [6.45, 7) is 8.57. The van der Waals surface area contributed by atoms with Crippen LogP contribution in [0.2, 0.25) is 0 Å². The molecule has 122 valence electrons. The lowest BCUT2D eigenvalue weighted by Crippen LogP contribution is -2.44. The van der Waals surface area contributed by atoms with E-state index in [0.29, 0.717) is 16.7 Å². The lowest BCUT2D eigenvalue weighted by Gasteiger charge is -2.22. The number of carboxylic acids is 1. The number of phenols is 1. The van der Waals surface area contributed by atoms with E-state index >= 15 is 0 Å². The van der Waals surface area contributed by atoms with Crippen LogP contribution in [-0.2, 0) is 16.0 Å². The number of carboxylic acid groups (broad SMARTS) is 1. The molecule has 0 fully saturated rings. The highest BCUT2D eigenvalue weighted by molar-refractivity contribution is 5.80. The van der Waals surface area contributed by atoms with E-state index in [0.717, 1.165) is 0 Å². The van der Waals surface area contributed by atoms with Crippen LogP contribution in [-0.4, -0.2) is 33.9 Å². The maximum absolute atomic E-state index is 11.7. The third-order valence-electron chi connectivity index (χ3n) is 3.16. The van der Waals surface area contributed by atoms with Crippen LogP contribution in [0.5, 0.6) is 5.75 Å². The number of hydrogen-bond acceptors (Lipinski definition) is 4. The number of amides is 1. The standard InChI is InChI=1S/C16H23NO5/c1-9-6-7-11(10(2)13(9)18)8-12(14(19)20)17-15(21)22-16(3,4)5/h6-7,12,18H,8H2,1-5H3,(H,17,21)(H,19,20)/t12-/m0/s1. The number of ether oxygens (including phenoxy) is 1. The number of aromatic hydroxyl groups is 1. The van der Waals surface area contributed by atoms with Crippen LogP contribution in [0.1, 0.15) is 37.5 Å². The van der Waals surface area contributed by atoms with Crippen molar-refractivity contribution in [3.63, 3.8) is 0 Å². The molecule has 0 radical (unpaired) electrons. The van der Waals surface area contributed by atoms with Gasteiger partial charge in [0.1, 0.15) is 17.4 Å². The summed E-state index contributed by atoms with van der Waals surface area (Å²) in [6.07, 6.45) is -0.720. The Morgan fingerprint density at radius 3 is 2.36 bits per heavy atom. The van der Waals surface area contributed by atoms with Crippen molar-refractivity contribution in [1.82, 2.24) is 5.32 Å². The molecule has 1 atom stereocenters. The van der Waals surface area contributed by atoms with Crippen LogP contribution in [0.15, 0.2) is 12.1 Å². The van der Waals surface area contributed by atoms with Crippen LogP contribution in [0.4, 0.5) is 4.79 Å². The maximum Gasteiger partial charge on any atom is 0.408 e. The van der Waals surface area contributed by atoms with Gasteiger partial charge in [-0.1, -0.05) is 12.1 Å². The molecule has 0 aliphatic rings. The molecule has 0 aliphatic carbocycles. The fraction of sp³-hybridized carbons (Fsp3) is 0.500. The number of phenolic OH excluding ortho intramolecular Hbond substituents is 1. The highest BCUT2D eigenvalue weighted by Crippen LogP contribution is 2.25. The SMILES string of the molecule is Cc1ccc(C[C@H](NC(=O)OC(C)(C)C)C(=O)O)c(C)c1O. The van der Waals surface area contributed by atoms with E-state index in [1.807, 2.05) is 0 Å². The molecule has 0 heterocycles. The summed E-state index contributed by atoms with van der Waals surface area (Å²) in [7, 11) is 0. The van der Waals surface area contributed by atoms with Gasteiger partial charge in [0.25, 0.3) is 0 Å². The fourth-order valence-electron chi connectivity index (χ4n) is 1.97. The van der Waals surface area contributed by atoms with Crippen LogP contribution in [0.3, 0.4) is 0 Å². The Hall–Kier alpha value is -2.24. The Labute approximate surface area is 130 Å². The zero-order valence-electron chi connectivity index (χ0n) is 13.6. The van der Waals surface area contributed by atoms with E-state index in [1.54, 1.807) is 46.8 Å². The highest BCUT2D eigenvalue weighted by atomic mass is 16.6. The smallest absolute Gasteiger partial charge is 0.408 e. The van der Waals surface area contributed by atoms with Gasteiger partial charge in [0.15, 0.2) is 0 Å². The summed E-state index contributed by atoms with van der Waals surface area (Å²) in [5.74, 6) is -1.02. The Bertz CT molecular complexity index is 575. The first-order chi connectivity index (χ1) is 10.0. The van der Waals surface area contributed by atoms with E-state index < -0.39 is 23.7 Å². The van der Waals surface area contributed by atoms with Gasteiger partial charge in [-0.2, -0.15) is 0 Å². The molecule has 1 rings (SSSR count). The number of carbonyl (C=O) groups excluding carboxylic acids is 1. The predicted molar refractivity (Wildman–Crippen MR) is 82.1 cm³/mol. The number of nitrogens with one attached hydrogen (secondary N) is 1. The van der Waals surface area contributed by atoms with Crippen LogP contribution < -0.4 is 5.32 Å². The van der Waals surface area contributed by atoms with Gasteiger partial charge in [-0.05, 0) is 51.3 Å². The molecule has 0 saturated heterocycles. The number of alkyl carbamates (subject to hydrolysis) is 1. The molecule has 0 unspecified atom stereocenters. The average molecular weight is 309 g/mol. The Balaban J connectivity index is 2.88. The zero-order chi connectivity index (χ0) is 17.1. The normalized spacial score (nSPS) is 12.6. The molecule has 0 spiro atoms. The number of rotatable bonds is 4. The number of aryl methyl sites for hydroxylation is 1. The summed E-state index contributed by atoms with van der Waals surface area (Å²) >= 11 is 0. The predicted octanol–water partition coefficient (Wildman–Crippen LogP) is 2.53. The van der Waals surface area contributed by atoms with Crippen LogP contribution in [0.25, 0.3) is 0 Å². The van der Waals surface area contributed by atoms with Gasteiger partial charge >= 0.3 is 12.1 Å². The highest BCUT2D eigenvalue weighted by Gasteiger charge is 2.25. The molecule has 1 aromatic rings. The molecular formula is C16H23NO5. The summed E-state index contributed by atoms with van der Waals surface area (Å²) < 4.78 is 5.07. The van der Waals surface area contributed by atoms with Crippen molar-refractivity contribution in [3.05, 3.63) is 28.8 Å². The minimum absolute atomic E-state index is 0.0637. The monoisotopic (exact) mass is 309 g/mol. The van der Waals surface area contributed by atoms with Gasteiger partial charge in [0.2, 0.25) is 0 Å². The Kier molecular flexibility index (Phi) is 5.41. The summed E-state index contributed by atoms with van der Waals surface area (Å²) in [5.41, 5.74) is 1.28. The molecule has 0 bridgehead atoms. The van der Waals surface area contributed by atoms with Gasteiger partial charge in [-0.15, -0.1) is 0 Å². The van der Waals surface area contributed by atoms with Gasteiger partial charge < -0.3 is 20.3 Å². The second-order valence-corrected chi connectivity index (χ2v) is 6.26. The quantitative estimate of drug-likeness (QED) is 0.794. The number of aliphatic carboxylic acids is 1. The number of hydrogen-bond donors (Lipinski definition) is 3. The summed E-state index contributed by atoms with van der Waals surface area (Å²) in [5, 5.41) is 21.5. The first kappa shape index (κ1) is 17.8. The molecule has 0 aliphatic heterocycles. The molecule has 22 heavy (non-hydrogen) atoms. The zero-order valence-corrected chi connectivity index (χ0v) is 13.6. The molecule has 3 N–H and O–H groups in total. The van der Waals surface area contributed by atoms with Crippen molar-refractivity contribution < 1.29 is 24.5 Å². The van der Waals surface area contributed by atoms with Crippen LogP contribution in [0, 0.1) is 13.8 Å². The largest absolute Gasteiger partial charge is 0.507 e. The summed E-state index contributed by atoms with van der Waals surface area (Å²) in [4.78, 5) is 23.1. The van der Waals surface area contributed by atoms with E-state index in [-0.39, 0.29) is 12.2 Å². The van der Waals surface area contributed by atoms with Gasteiger partial charge in [-0.3, -0.25) is 0 Å². The first-order valence-electron chi connectivity index (χ1n) is 7.01. The Morgan fingerprint density at radius 1 is 1.27 bits per heavy atom. The summed E-state index contributed by atoms with van der Waals surface area (Å²) in [6, 6.07) is 2.33. The lowest BCUT2D eigenvalue weighted by molar-refractivity contribution is -0.139. The van der Waals surface area contributed by atoms with Crippen molar-refractivity contribution >= 4 is 12.1 Å². The molecule has 0 saturated carbocycles. The fourth-order valence-corrected chi connectivity index (χ4v) is 1.97. The number of carbonyl (C=O) groups is 2. The molecule has 0 aromatic heterocycles. The van der Waals surface area contributed by atoms with Crippen molar-refractivity contribution in [2.45, 2.75) is 52.7 Å². The van der Waals surface area contributed by atoms with Gasteiger partial charge in [-0.25, -0.2) is 9.59 Å². The second-order valence-electron chi connectivity index (χ2n) is 6.26. The minimum Gasteiger partial charge on any atom is -0.507 e. The molecular weight excluding hydrogens is 286 g/mol. The average Bonchev–Trinajstić information content (AvgIpc) is 2.36. The van der Waals surface area contributed by atoms with E-state index in [2.05, 4.69) is 5.32 Å². The van der Waals surface area contributed by atoms with E-state index in [4.69, 9.17) is 4.74 Å². The van der Waals surface area contributed by atoms with Crippen molar-refractivity contribution in [3.8, 4) is 5.75 Å². The molecule has 1 amide bonds. The van der Waals surface area contributed by atoms with E-state index in [1.165, 1.54) is 0 Å². The van der Waals surface area contributed by atoms with Gasteiger partial charge in [0, 0.05) is 6.42 Å². The van der Waals surface area contributed by atoms with Crippen molar-refractivity contribution in [1.29, 1.82) is 0 Å². The lowest BCUT2D eigenvalue weighted by atomic mass is 9.98. The number of benzene rings is 1. The second kappa shape index (κ2) is 6.68. The Morgan fingerprint density at radius 2 is 1.86 bits per heavy atom. The van der Waals surface area contributed by atoms with Gasteiger partial charge in [0.05, 0.1) is 0 Å². The topological polar surface area (TPSA) is 95.9 Å². The van der Waals surface area contributed by atoms with E-state index in [9.17, 15) is 19.8 Å². The third-order valence-corrected chi connectivity index (χ3v) is 3.16. The first-order valence-corrected chi connectivity index (χ1v) is 7.01. The molecule has 1 aromatic carbocycles. The van der Waals surface area contributed by atoms with Crippen molar-refractivity contribution in [2.24, 2.45) is 0 Å². The van der Waals surface area contributed by atoms with Crippen molar-refractivity contribution in [2.75, 3.05) is 0 Å². The molecule has 6 nitrogen and oxygen atoms in total. The third kappa shape index (κ3) is 4.95. The molecule has 6 heteroatoms. The minimum atomic E-state index is -1.16. The van der Waals surface area contributed by atoms with Crippen LogP contribution >= 0.6 is 0 Å².